The molecule has 19 heavy (non-hydrogen) atoms. The van der Waals surface area contributed by atoms with Crippen molar-refractivity contribution in [1.82, 2.24) is 5.43 Å². The number of hydrogen-bond donors (Lipinski definition) is 2. The summed E-state index contributed by atoms with van der Waals surface area (Å²) in [7, 11) is 0. The normalized spacial score (nSPS) is 15.8. The van der Waals surface area contributed by atoms with Crippen molar-refractivity contribution in [3.05, 3.63) is 29.3 Å². The Morgan fingerprint density at radius 2 is 1.95 bits per heavy atom. The van der Waals surface area contributed by atoms with E-state index < -0.39 is 0 Å². The fourth-order valence-electron chi connectivity index (χ4n) is 2.27. The molecule has 0 aliphatic heterocycles. The number of benzene rings is 1. The van der Waals surface area contributed by atoms with Gasteiger partial charge in [-0.25, -0.2) is 5.43 Å². The molecule has 1 aliphatic carbocycles. The van der Waals surface area contributed by atoms with Crippen molar-refractivity contribution in [2.75, 3.05) is 5.32 Å². The van der Waals surface area contributed by atoms with Crippen molar-refractivity contribution >= 4 is 23.2 Å². The van der Waals surface area contributed by atoms with Gasteiger partial charge in [0.05, 0.1) is 11.4 Å². The first-order valence-corrected chi connectivity index (χ1v) is 6.31. The number of carbonyl (C=O) groups excluding carboxylic acids is 2. The lowest BCUT2D eigenvalue weighted by molar-refractivity contribution is -0.119. The van der Waals surface area contributed by atoms with Crippen LogP contribution in [0.15, 0.2) is 23.3 Å². The van der Waals surface area contributed by atoms with E-state index in [0.29, 0.717) is 0 Å². The van der Waals surface area contributed by atoms with E-state index in [-0.39, 0.29) is 11.8 Å². The van der Waals surface area contributed by atoms with Gasteiger partial charge in [-0.1, -0.05) is 12.1 Å². The molecular formula is C14H17N3O2. The van der Waals surface area contributed by atoms with Crippen LogP contribution in [-0.2, 0) is 16.0 Å². The van der Waals surface area contributed by atoms with Gasteiger partial charge in [0.1, 0.15) is 0 Å². The Bertz CT molecular complexity index is 550. The molecule has 0 radical (unpaired) electrons. The molecule has 0 fully saturated rings. The smallest absolute Gasteiger partial charge is 0.236 e. The molecule has 2 N–H and O–H groups in total. The van der Waals surface area contributed by atoms with Crippen molar-refractivity contribution in [1.29, 1.82) is 0 Å². The van der Waals surface area contributed by atoms with Crippen LogP contribution in [0.25, 0.3) is 0 Å². The molecule has 0 heterocycles. The quantitative estimate of drug-likeness (QED) is 0.795. The topological polar surface area (TPSA) is 70.6 Å². The van der Waals surface area contributed by atoms with Crippen LogP contribution in [0.2, 0.25) is 0 Å². The van der Waals surface area contributed by atoms with Gasteiger partial charge in [-0.05, 0) is 30.9 Å². The van der Waals surface area contributed by atoms with Gasteiger partial charge in [-0.2, -0.15) is 5.10 Å². The third kappa shape index (κ3) is 3.19. The summed E-state index contributed by atoms with van der Waals surface area (Å²) in [6.07, 6.45) is 2.75. The second-order valence-electron chi connectivity index (χ2n) is 4.60. The zero-order valence-corrected chi connectivity index (χ0v) is 11.1. The molecule has 0 aromatic heterocycles. The maximum atomic E-state index is 11.3. The van der Waals surface area contributed by atoms with Gasteiger partial charge < -0.3 is 5.32 Å². The summed E-state index contributed by atoms with van der Waals surface area (Å²) in [5.74, 6) is -0.311. The lowest BCUT2D eigenvalue weighted by Crippen LogP contribution is -2.21. The Kier molecular flexibility index (Phi) is 3.94. The number of nitrogens with one attached hydrogen (secondary N) is 2. The number of fused-ring (bicyclic) bond motifs is 1. The highest BCUT2D eigenvalue weighted by Crippen LogP contribution is 2.28. The minimum Gasteiger partial charge on any atom is -0.326 e. The molecule has 5 heteroatoms. The average molecular weight is 259 g/mol. The van der Waals surface area contributed by atoms with Crippen LogP contribution in [0.4, 0.5) is 5.69 Å². The standard InChI is InChI=1S/C14H17N3O2/c1-9(18)15-12-7-3-5-11-6-4-8-13(14(11)12)17-16-10(2)19/h3,5,7H,4,6,8H2,1-2H3,(H,15,18)(H,16,19)/b17-13+. The lowest BCUT2D eigenvalue weighted by atomic mass is 9.89. The number of nitrogens with zero attached hydrogens (tertiary/aromatic N) is 1. The number of carbonyl (C=O) groups is 2. The lowest BCUT2D eigenvalue weighted by Gasteiger charge is -2.21. The van der Waals surface area contributed by atoms with Gasteiger partial charge in [0, 0.05) is 19.4 Å². The summed E-state index contributed by atoms with van der Waals surface area (Å²) >= 11 is 0. The van der Waals surface area contributed by atoms with Crippen LogP contribution in [-0.4, -0.2) is 17.5 Å². The SMILES string of the molecule is CC(=O)N/N=C1\CCCc2cccc(NC(C)=O)c21. The monoisotopic (exact) mass is 259 g/mol. The molecule has 2 rings (SSSR count). The number of amides is 2. The Hall–Kier alpha value is -2.17. The summed E-state index contributed by atoms with van der Waals surface area (Å²) in [4.78, 5) is 22.2. The number of hydrogen-bond acceptors (Lipinski definition) is 3. The molecular weight excluding hydrogens is 242 g/mol. The van der Waals surface area contributed by atoms with Gasteiger partial charge in [-0.3, -0.25) is 9.59 Å². The van der Waals surface area contributed by atoms with Crippen LogP contribution in [0.1, 0.15) is 37.8 Å². The van der Waals surface area contributed by atoms with Gasteiger partial charge >= 0.3 is 0 Å². The molecule has 2 amide bonds. The molecule has 1 aromatic carbocycles. The summed E-state index contributed by atoms with van der Waals surface area (Å²) in [5, 5.41) is 6.98. The van der Waals surface area contributed by atoms with E-state index in [1.54, 1.807) is 0 Å². The van der Waals surface area contributed by atoms with Gasteiger partial charge in [0.25, 0.3) is 0 Å². The predicted molar refractivity (Wildman–Crippen MR) is 74.0 cm³/mol. The van der Waals surface area contributed by atoms with Crippen LogP contribution in [0, 0.1) is 0 Å². The Labute approximate surface area is 112 Å². The van der Waals surface area contributed by atoms with Crippen LogP contribution >= 0.6 is 0 Å². The molecule has 0 saturated carbocycles. The number of anilines is 1. The van der Waals surface area contributed by atoms with Crippen molar-refractivity contribution in [3.63, 3.8) is 0 Å². The van der Waals surface area contributed by atoms with E-state index in [1.807, 2.05) is 18.2 Å². The first-order valence-electron chi connectivity index (χ1n) is 6.31. The van der Waals surface area contributed by atoms with Crippen LogP contribution in [0.3, 0.4) is 0 Å². The van der Waals surface area contributed by atoms with Crippen molar-refractivity contribution in [3.8, 4) is 0 Å². The second-order valence-corrected chi connectivity index (χ2v) is 4.60. The van der Waals surface area contributed by atoms with Crippen molar-refractivity contribution in [2.45, 2.75) is 33.1 Å². The van der Waals surface area contributed by atoms with E-state index in [0.717, 1.165) is 41.8 Å². The van der Waals surface area contributed by atoms with E-state index in [4.69, 9.17) is 0 Å². The van der Waals surface area contributed by atoms with Crippen LogP contribution in [0.5, 0.6) is 0 Å². The van der Waals surface area contributed by atoms with Gasteiger partial charge in [0.15, 0.2) is 0 Å². The largest absolute Gasteiger partial charge is 0.326 e. The summed E-state index contributed by atoms with van der Waals surface area (Å²) < 4.78 is 0. The third-order valence-corrected chi connectivity index (χ3v) is 2.96. The summed E-state index contributed by atoms with van der Waals surface area (Å²) in [6.45, 7) is 2.90. The molecule has 1 aliphatic rings. The highest BCUT2D eigenvalue weighted by Gasteiger charge is 2.19. The zero-order valence-electron chi connectivity index (χ0n) is 11.1. The second kappa shape index (κ2) is 5.65. The van der Waals surface area contributed by atoms with Crippen LogP contribution < -0.4 is 10.7 Å². The summed E-state index contributed by atoms with van der Waals surface area (Å²) in [5.41, 5.74) is 6.15. The fraction of sp³-hybridized carbons (Fsp3) is 0.357. The number of hydrazone groups is 1. The first kappa shape index (κ1) is 13.3. The molecule has 0 bridgehead atoms. The molecule has 5 nitrogen and oxygen atoms in total. The maximum Gasteiger partial charge on any atom is 0.236 e. The molecule has 1 aromatic rings. The average Bonchev–Trinajstić information content (AvgIpc) is 2.35. The minimum absolute atomic E-state index is 0.113. The van der Waals surface area contributed by atoms with E-state index in [9.17, 15) is 9.59 Å². The van der Waals surface area contributed by atoms with E-state index >= 15 is 0 Å². The number of aryl methyl sites for hydroxylation is 1. The zero-order chi connectivity index (χ0) is 13.8. The molecule has 0 unspecified atom stereocenters. The Balaban J connectivity index is 2.42. The predicted octanol–water partition coefficient (Wildman–Crippen LogP) is 1.82. The molecule has 0 atom stereocenters. The molecule has 0 spiro atoms. The highest BCUT2D eigenvalue weighted by molar-refractivity contribution is 6.09. The van der Waals surface area contributed by atoms with E-state index in [2.05, 4.69) is 15.8 Å². The molecule has 100 valence electrons. The summed E-state index contributed by atoms with van der Waals surface area (Å²) in [6, 6.07) is 5.81. The maximum absolute atomic E-state index is 11.3. The minimum atomic E-state index is -0.198. The Morgan fingerprint density at radius 1 is 1.16 bits per heavy atom. The third-order valence-electron chi connectivity index (χ3n) is 2.96. The molecule has 0 saturated heterocycles. The van der Waals surface area contributed by atoms with Crippen molar-refractivity contribution in [2.24, 2.45) is 5.10 Å². The number of rotatable bonds is 2. The van der Waals surface area contributed by atoms with Gasteiger partial charge in [0.2, 0.25) is 11.8 Å². The van der Waals surface area contributed by atoms with Crippen molar-refractivity contribution < 1.29 is 9.59 Å². The Morgan fingerprint density at radius 3 is 2.63 bits per heavy atom. The highest BCUT2D eigenvalue weighted by atomic mass is 16.2. The van der Waals surface area contributed by atoms with Gasteiger partial charge in [-0.15, -0.1) is 0 Å². The van der Waals surface area contributed by atoms with E-state index in [1.165, 1.54) is 13.8 Å². The first-order chi connectivity index (χ1) is 9.08. The fourth-order valence-corrected chi connectivity index (χ4v) is 2.27.